The van der Waals surface area contributed by atoms with Crippen molar-refractivity contribution in [3.63, 3.8) is 0 Å². The molecule has 29 heavy (non-hydrogen) atoms. The van der Waals surface area contributed by atoms with Gasteiger partial charge < -0.3 is 9.84 Å². The molecule has 0 aliphatic heterocycles. The zero-order valence-electron chi connectivity index (χ0n) is 18.0. The van der Waals surface area contributed by atoms with Gasteiger partial charge in [0.1, 0.15) is 5.75 Å². The molecule has 0 radical (unpaired) electrons. The fraction of sp³-hybridized carbons (Fsp3) is 0.654. The normalized spacial score (nSPS) is 43.8. The first-order valence-corrected chi connectivity index (χ1v) is 11.4. The van der Waals surface area contributed by atoms with Gasteiger partial charge in [-0.25, -0.2) is 0 Å². The highest BCUT2D eigenvalue weighted by atomic mass is 16.5. The molecular formula is C26H34O3. The number of hydrogen-bond donors (Lipinski definition) is 1. The Kier molecular flexibility index (Phi) is 4.47. The lowest BCUT2D eigenvalue weighted by Crippen LogP contribution is -2.53. The van der Waals surface area contributed by atoms with Crippen molar-refractivity contribution in [1.29, 1.82) is 0 Å². The molecule has 7 atom stereocenters. The highest BCUT2D eigenvalue weighted by Crippen LogP contribution is 2.68. The van der Waals surface area contributed by atoms with Gasteiger partial charge in [-0.05, 0) is 96.8 Å². The van der Waals surface area contributed by atoms with Crippen LogP contribution in [-0.2, 0) is 4.79 Å². The number of aliphatic hydroxyl groups excluding tert-OH is 1. The number of allylic oxidation sites excluding steroid dienone is 1. The van der Waals surface area contributed by atoms with Crippen LogP contribution in [0.2, 0.25) is 0 Å². The third kappa shape index (κ3) is 2.76. The van der Waals surface area contributed by atoms with Crippen molar-refractivity contribution < 1.29 is 14.6 Å². The van der Waals surface area contributed by atoms with Gasteiger partial charge in [-0.1, -0.05) is 31.6 Å². The monoisotopic (exact) mass is 394 g/mol. The summed E-state index contributed by atoms with van der Waals surface area (Å²) in [6, 6.07) is 8.60. The minimum atomic E-state index is -0.164. The maximum atomic E-state index is 12.3. The number of ether oxygens (including phenoxy) is 1. The van der Waals surface area contributed by atoms with E-state index in [-0.39, 0.29) is 16.9 Å². The summed E-state index contributed by atoms with van der Waals surface area (Å²) in [7, 11) is 1.71. The largest absolute Gasteiger partial charge is 0.497 e. The summed E-state index contributed by atoms with van der Waals surface area (Å²) < 4.78 is 5.39. The van der Waals surface area contributed by atoms with E-state index in [4.69, 9.17) is 4.74 Å². The summed E-state index contributed by atoms with van der Waals surface area (Å²) in [5, 5.41) is 10.9. The van der Waals surface area contributed by atoms with Crippen molar-refractivity contribution >= 4 is 5.78 Å². The third-order valence-corrected chi connectivity index (χ3v) is 9.51. The molecule has 3 nitrogen and oxygen atoms in total. The zero-order valence-corrected chi connectivity index (χ0v) is 18.0. The smallest absolute Gasteiger partial charge is 0.155 e. The lowest BCUT2D eigenvalue weighted by atomic mass is 9.44. The molecule has 3 saturated carbocycles. The van der Waals surface area contributed by atoms with Crippen molar-refractivity contribution in [3.05, 3.63) is 41.5 Å². The van der Waals surface area contributed by atoms with Crippen LogP contribution in [0.5, 0.6) is 5.75 Å². The van der Waals surface area contributed by atoms with Crippen LogP contribution in [0, 0.1) is 28.6 Å². The van der Waals surface area contributed by atoms with Crippen molar-refractivity contribution in [2.24, 2.45) is 28.6 Å². The molecule has 1 aromatic rings. The number of ketones is 1. The molecule has 4 aliphatic carbocycles. The summed E-state index contributed by atoms with van der Waals surface area (Å²) in [5.74, 6) is 3.37. The zero-order chi connectivity index (χ0) is 20.4. The van der Waals surface area contributed by atoms with E-state index >= 15 is 0 Å². The van der Waals surface area contributed by atoms with Gasteiger partial charge in [-0.15, -0.1) is 0 Å². The molecule has 156 valence electrons. The first-order chi connectivity index (χ1) is 13.9. The van der Waals surface area contributed by atoms with Gasteiger partial charge in [-0.3, -0.25) is 4.79 Å². The third-order valence-electron chi connectivity index (χ3n) is 9.51. The number of aliphatic hydroxyl groups is 1. The highest BCUT2D eigenvalue weighted by Gasteiger charge is 2.61. The summed E-state index contributed by atoms with van der Waals surface area (Å²) in [6.07, 6.45) is 8.88. The maximum absolute atomic E-state index is 12.3. The molecule has 0 saturated heterocycles. The van der Waals surface area contributed by atoms with Gasteiger partial charge >= 0.3 is 0 Å². The van der Waals surface area contributed by atoms with Crippen LogP contribution in [0.15, 0.2) is 35.9 Å². The van der Waals surface area contributed by atoms with E-state index < -0.39 is 0 Å². The molecule has 2 unspecified atom stereocenters. The van der Waals surface area contributed by atoms with E-state index in [2.05, 4.69) is 38.1 Å². The second kappa shape index (κ2) is 6.70. The summed E-state index contributed by atoms with van der Waals surface area (Å²) in [5.41, 5.74) is 2.95. The van der Waals surface area contributed by atoms with Gasteiger partial charge in [-0.2, -0.15) is 0 Å². The quantitative estimate of drug-likeness (QED) is 0.742. The Bertz CT molecular complexity index is 840. The van der Waals surface area contributed by atoms with Crippen molar-refractivity contribution in [2.45, 2.75) is 70.8 Å². The minimum absolute atomic E-state index is 0.0496. The fourth-order valence-corrected chi connectivity index (χ4v) is 7.73. The van der Waals surface area contributed by atoms with Crippen LogP contribution in [-0.4, -0.2) is 24.1 Å². The number of fused-ring (bicyclic) bond motifs is 5. The van der Waals surface area contributed by atoms with Crippen LogP contribution in [0.4, 0.5) is 0 Å². The second-order valence-electron chi connectivity index (χ2n) is 10.6. The van der Waals surface area contributed by atoms with Gasteiger partial charge in [0.15, 0.2) is 5.78 Å². The lowest BCUT2D eigenvalue weighted by Gasteiger charge is -2.60. The number of carbonyl (C=O) groups is 1. The van der Waals surface area contributed by atoms with Crippen LogP contribution < -0.4 is 4.74 Å². The van der Waals surface area contributed by atoms with E-state index in [1.165, 1.54) is 17.6 Å². The lowest BCUT2D eigenvalue weighted by molar-refractivity contribution is -0.118. The predicted molar refractivity (Wildman–Crippen MR) is 114 cm³/mol. The Balaban J connectivity index is 1.61. The van der Waals surface area contributed by atoms with Crippen molar-refractivity contribution in [3.8, 4) is 5.75 Å². The van der Waals surface area contributed by atoms with Crippen LogP contribution in [0.1, 0.15) is 70.3 Å². The molecule has 0 aromatic heterocycles. The Labute approximate surface area is 174 Å². The van der Waals surface area contributed by atoms with Crippen LogP contribution in [0.3, 0.4) is 0 Å². The number of carbonyl (C=O) groups excluding carboxylic acids is 1. The van der Waals surface area contributed by atoms with E-state index in [9.17, 15) is 9.90 Å². The minimum Gasteiger partial charge on any atom is -0.497 e. The maximum Gasteiger partial charge on any atom is 0.155 e. The first-order valence-electron chi connectivity index (χ1n) is 11.4. The van der Waals surface area contributed by atoms with E-state index in [0.29, 0.717) is 35.9 Å². The molecule has 5 rings (SSSR count). The molecule has 0 amide bonds. The molecule has 0 bridgehead atoms. The van der Waals surface area contributed by atoms with Crippen molar-refractivity contribution in [2.75, 3.05) is 7.11 Å². The number of methoxy groups -OCH3 is 1. The highest BCUT2D eigenvalue weighted by molar-refractivity contribution is 5.91. The summed E-state index contributed by atoms with van der Waals surface area (Å²) in [6.45, 7) is 4.77. The molecule has 3 fully saturated rings. The Morgan fingerprint density at radius 1 is 1.03 bits per heavy atom. The molecule has 0 spiro atoms. The number of benzene rings is 1. The van der Waals surface area contributed by atoms with E-state index in [0.717, 1.165) is 37.9 Å². The van der Waals surface area contributed by atoms with Crippen LogP contribution in [0.25, 0.3) is 0 Å². The van der Waals surface area contributed by atoms with Gasteiger partial charge in [0.2, 0.25) is 0 Å². The van der Waals surface area contributed by atoms with Gasteiger partial charge in [0.05, 0.1) is 13.2 Å². The average Bonchev–Trinajstić information content (AvgIpc) is 3.03. The Morgan fingerprint density at radius 2 is 1.79 bits per heavy atom. The molecule has 3 heteroatoms. The average molecular weight is 395 g/mol. The van der Waals surface area contributed by atoms with E-state index in [1.807, 2.05) is 6.08 Å². The van der Waals surface area contributed by atoms with Crippen LogP contribution >= 0.6 is 0 Å². The SMILES string of the molecule is COc1ccc(C2CC3=CC(=O)CC[C@]3(C)[C@@H]3CC[C@]4(C)C(O)CC[C@H]4[C@H]23)cc1. The number of hydrogen-bond acceptors (Lipinski definition) is 3. The topological polar surface area (TPSA) is 46.5 Å². The molecular weight excluding hydrogens is 360 g/mol. The molecule has 1 N–H and O–H groups in total. The standard InChI is InChI=1S/C26H34O3/c1-25-12-10-18(27)14-17(25)15-20(16-4-6-19(29-3)7-5-16)24-21-8-9-23(28)26(21,2)13-11-22(24)25/h4-7,14,20-24,28H,8-13,15H2,1-3H3/t20?,21-,22+,23?,24-,25-,26-/m0/s1. The first kappa shape index (κ1) is 19.4. The van der Waals surface area contributed by atoms with Gasteiger partial charge in [0, 0.05) is 6.42 Å². The Hall–Kier alpha value is -1.61. The van der Waals surface area contributed by atoms with Crippen molar-refractivity contribution in [1.82, 2.24) is 0 Å². The second-order valence-corrected chi connectivity index (χ2v) is 10.6. The Morgan fingerprint density at radius 3 is 2.52 bits per heavy atom. The van der Waals surface area contributed by atoms with E-state index in [1.54, 1.807) is 7.11 Å². The number of rotatable bonds is 2. The molecule has 4 aliphatic rings. The van der Waals surface area contributed by atoms with Gasteiger partial charge in [0.25, 0.3) is 0 Å². The molecule has 1 aromatic carbocycles. The molecule has 0 heterocycles. The summed E-state index contributed by atoms with van der Waals surface area (Å²) in [4.78, 5) is 12.3. The fourth-order valence-electron chi connectivity index (χ4n) is 7.73. The summed E-state index contributed by atoms with van der Waals surface area (Å²) >= 11 is 0. The predicted octanol–water partition coefficient (Wildman–Crippen LogP) is 5.28.